The molecule has 0 aliphatic rings. The second-order valence-electron chi connectivity index (χ2n) is 2.84. The summed E-state index contributed by atoms with van der Waals surface area (Å²) in [7, 11) is -3.09. The van der Waals surface area contributed by atoms with Gasteiger partial charge >= 0.3 is 0 Å². The molecule has 2 N–H and O–H groups in total. The normalized spacial score (nSPS) is 14.4. The highest BCUT2D eigenvalue weighted by Gasteiger charge is 2.15. The summed E-state index contributed by atoms with van der Waals surface area (Å²) >= 11 is 5.50. The van der Waals surface area contributed by atoms with Crippen molar-refractivity contribution in [3.8, 4) is 0 Å². The Kier molecular flexibility index (Phi) is 3.00. The van der Waals surface area contributed by atoms with E-state index in [0.29, 0.717) is 5.76 Å². The lowest BCUT2D eigenvalue weighted by molar-refractivity contribution is 0.479. The van der Waals surface area contributed by atoms with Crippen LogP contribution in [0.15, 0.2) is 16.5 Å². The molecule has 0 radical (unpaired) electrons. The number of hydrogen-bond acceptors (Lipinski definition) is 4. The maximum atomic E-state index is 10.9. The van der Waals surface area contributed by atoms with Gasteiger partial charge in [0.15, 0.2) is 5.22 Å². The average molecular weight is 224 g/mol. The van der Waals surface area contributed by atoms with Crippen LogP contribution >= 0.6 is 11.6 Å². The second-order valence-corrected chi connectivity index (χ2v) is 5.40. The van der Waals surface area contributed by atoms with E-state index in [-0.39, 0.29) is 11.0 Å². The zero-order chi connectivity index (χ0) is 10.1. The van der Waals surface area contributed by atoms with E-state index in [1.54, 1.807) is 6.07 Å². The molecule has 0 amide bonds. The first kappa shape index (κ1) is 10.6. The summed E-state index contributed by atoms with van der Waals surface area (Å²) < 4.78 is 26.7. The number of hydrogen-bond donors (Lipinski definition) is 1. The van der Waals surface area contributed by atoms with Crippen molar-refractivity contribution >= 4 is 21.4 Å². The van der Waals surface area contributed by atoms with Crippen molar-refractivity contribution in [2.24, 2.45) is 5.73 Å². The van der Waals surface area contributed by atoms with Gasteiger partial charge in [-0.25, -0.2) is 8.42 Å². The van der Waals surface area contributed by atoms with Gasteiger partial charge in [-0.15, -0.1) is 0 Å². The van der Waals surface area contributed by atoms with Crippen LogP contribution in [-0.2, 0) is 9.84 Å². The number of sulfone groups is 1. The van der Waals surface area contributed by atoms with E-state index >= 15 is 0 Å². The molecule has 0 saturated heterocycles. The molecule has 1 rings (SSSR count). The largest absolute Gasteiger partial charge is 0.448 e. The summed E-state index contributed by atoms with van der Waals surface area (Å²) in [6, 6.07) is 2.44. The van der Waals surface area contributed by atoms with E-state index in [9.17, 15) is 8.42 Å². The van der Waals surface area contributed by atoms with Crippen molar-refractivity contribution in [2.45, 2.75) is 6.04 Å². The molecule has 0 aromatic carbocycles. The van der Waals surface area contributed by atoms with Gasteiger partial charge in [0.05, 0.1) is 11.8 Å². The smallest absolute Gasteiger partial charge is 0.193 e. The van der Waals surface area contributed by atoms with Gasteiger partial charge in [0.1, 0.15) is 15.6 Å². The Morgan fingerprint density at radius 1 is 1.62 bits per heavy atom. The van der Waals surface area contributed by atoms with Gasteiger partial charge in [-0.3, -0.25) is 0 Å². The number of rotatable bonds is 3. The van der Waals surface area contributed by atoms with Crippen LogP contribution in [0.2, 0.25) is 5.22 Å². The topological polar surface area (TPSA) is 73.3 Å². The van der Waals surface area contributed by atoms with Crippen molar-refractivity contribution in [3.05, 3.63) is 23.1 Å². The second kappa shape index (κ2) is 3.69. The quantitative estimate of drug-likeness (QED) is 0.829. The fourth-order valence-corrected chi connectivity index (χ4v) is 1.90. The third kappa shape index (κ3) is 3.38. The molecule has 13 heavy (non-hydrogen) atoms. The van der Waals surface area contributed by atoms with Crippen LogP contribution in [0.5, 0.6) is 0 Å². The van der Waals surface area contributed by atoms with Crippen molar-refractivity contribution in [3.63, 3.8) is 0 Å². The average Bonchev–Trinajstić information content (AvgIpc) is 2.31. The molecule has 0 spiro atoms. The Morgan fingerprint density at radius 2 is 2.23 bits per heavy atom. The molecule has 1 atom stereocenters. The first-order valence-electron chi connectivity index (χ1n) is 3.57. The Labute approximate surface area is 81.6 Å². The Hall–Kier alpha value is -0.520. The molecule has 0 saturated carbocycles. The molecule has 6 heteroatoms. The SMILES string of the molecule is CS(=O)(=O)CC(N)c1ccc(Cl)o1. The molecular formula is C7H10ClNO3S. The lowest BCUT2D eigenvalue weighted by Gasteiger charge is -2.05. The van der Waals surface area contributed by atoms with Crippen molar-refractivity contribution in [1.29, 1.82) is 0 Å². The number of halogens is 1. The summed E-state index contributed by atoms with van der Waals surface area (Å²) in [4.78, 5) is 0. The van der Waals surface area contributed by atoms with E-state index < -0.39 is 15.9 Å². The van der Waals surface area contributed by atoms with E-state index in [0.717, 1.165) is 6.26 Å². The molecule has 0 bridgehead atoms. The lowest BCUT2D eigenvalue weighted by Crippen LogP contribution is -2.20. The number of furan rings is 1. The zero-order valence-electron chi connectivity index (χ0n) is 7.03. The third-order valence-electron chi connectivity index (χ3n) is 1.44. The third-order valence-corrected chi connectivity index (χ3v) is 2.61. The van der Waals surface area contributed by atoms with E-state index in [2.05, 4.69) is 0 Å². The van der Waals surface area contributed by atoms with Crippen molar-refractivity contribution in [2.75, 3.05) is 12.0 Å². The van der Waals surface area contributed by atoms with Gasteiger partial charge < -0.3 is 10.2 Å². The minimum atomic E-state index is -3.09. The summed E-state index contributed by atoms with van der Waals surface area (Å²) in [6.45, 7) is 0. The molecule has 0 aliphatic heterocycles. The Balaban J connectivity index is 2.75. The summed E-state index contributed by atoms with van der Waals surface area (Å²) in [5, 5.41) is 0.207. The molecule has 0 fully saturated rings. The predicted octanol–water partition coefficient (Wildman–Crippen LogP) is 0.977. The van der Waals surface area contributed by atoms with Gasteiger partial charge in [0.25, 0.3) is 0 Å². The van der Waals surface area contributed by atoms with E-state index in [1.165, 1.54) is 6.07 Å². The van der Waals surface area contributed by atoms with Crippen LogP contribution in [-0.4, -0.2) is 20.4 Å². The molecule has 0 aliphatic carbocycles. The minimum absolute atomic E-state index is 0.142. The minimum Gasteiger partial charge on any atom is -0.448 e. The summed E-state index contributed by atoms with van der Waals surface area (Å²) in [5.41, 5.74) is 5.56. The zero-order valence-corrected chi connectivity index (χ0v) is 8.60. The molecule has 1 unspecified atom stereocenters. The van der Waals surface area contributed by atoms with Gasteiger partial charge in [-0.2, -0.15) is 0 Å². The summed E-state index contributed by atoms with van der Waals surface area (Å²) in [5.74, 6) is 0.243. The van der Waals surface area contributed by atoms with Gasteiger partial charge in [0, 0.05) is 6.26 Å². The number of nitrogens with two attached hydrogens (primary N) is 1. The highest BCUT2D eigenvalue weighted by atomic mass is 35.5. The van der Waals surface area contributed by atoms with Crippen LogP contribution < -0.4 is 5.73 Å². The van der Waals surface area contributed by atoms with E-state index in [4.69, 9.17) is 21.8 Å². The van der Waals surface area contributed by atoms with Crippen LogP contribution in [0.3, 0.4) is 0 Å². The first-order chi connectivity index (χ1) is 5.88. The predicted molar refractivity (Wildman–Crippen MR) is 50.4 cm³/mol. The van der Waals surface area contributed by atoms with Crippen LogP contribution in [0, 0.1) is 0 Å². The Bertz CT molecular complexity index is 384. The lowest BCUT2D eigenvalue weighted by atomic mass is 10.3. The molecule has 74 valence electrons. The molecule has 4 nitrogen and oxygen atoms in total. The van der Waals surface area contributed by atoms with E-state index in [1.807, 2.05) is 0 Å². The molecular weight excluding hydrogens is 214 g/mol. The molecule has 1 heterocycles. The van der Waals surface area contributed by atoms with Crippen molar-refractivity contribution < 1.29 is 12.8 Å². The van der Waals surface area contributed by atoms with Crippen LogP contribution in [0.1, 0.15) is 11.8 Å². The fourth-order valence-electron chi connectivity index (χ4n) is 0.936. The maximum Gasteiger partial charge on any atom is 0.193 e. The summed E-state index contributed by atoms with van der Waals surface area (Å²) in [6.07, 6.45) is 1.12. The van der Waals surface area contributed by atoms with Gasteiger partial charge in [-0.1, -0.05) is 0 Å². The molecule has 1 aromatic heterocycles. The maximum absolute atomic E-state index is 10.9. The monoisotopic (exact) mass is 223 g/mol. The Morgan fingerprint density at radius 3 is 2.62 bits per heavy atom. The highest BCUT2D eigenvalue weighted by molar-refractivity contribution is 7.90. The van der Waals surface area contributed by atoms with Crippen LogP contribution in [0.4, 0.5) is 0 Å². The fraction of sp³-hybridized carbons (Fsp3) is 0.429. The van der Waals surface area contributed by atoms with Crippen molar-refractivity contribution in [1.82, 2.24) is 0 Å². The van der Waals surface area contributed by atoms with Gasteiger partial charge in [0.2, 0.25) is 0 Å². The standard InChI is InChI=1S/C7H10ClNO3S/c1-13(10,11)4-5(9)6-2-3-7(8)12-6/h2-3,5H,4,9H2,1H3. The van der Waals surface area contributed by atoms with Crippen LogP contribution in [0.25, 0.3) is 0 Å². The highest BCUT2D eigenvalue weighted by Crippen LogP contribution is 2.19. The van der Waals surface area contributed by atoms with Gasteiger partial charge in [-0.05, 0) is 23.7 Å². The molecule has 1 aromatic rings. The first-order valence-corrected chi connectivity index (χ1v) is 6.01.